The quantitative estimate of drug-likeness (QED) is 0.647. The number of ether oxygens (including phenoxy) is 1. The van der Waals surface area contributed by atoms with Gasteiger partial charge in [0.05, 0.1) is 17.6 Å². The highest BCUT2D eigenvalue weighted by molar-refractivity contribution is 6.00. The normalized spacial score (nSPS) is 17.0. The van der Waals surface area contributed by atoms with E-state index in [2.05, 4.69) is 9.97 Å². The Balaban J connectivity index is 1.55. The lowest BCUT2D eigenvalue weighted by Crippen LogP contribution is -2.39. The molecule has 3 aromatic rings. The summed E-state index contributed by atoms with van der Waals surface area (Å²) in [5.41, 5.74) is 3.77. The predicted octanol–water partition coefficient (Wildman–Crippen LogP) is 4.36. The van der Waals surface area contributed by atoms with Gasteiger partial charge in [-0.2, -0.15) is 0 Å². The molecule has 7 heteroatoms. The maximum atomic E-state index is 13.3. The Morgan fingerprint density at radius 3 is 2.77 bits per heavy atom. The van der Waals surface area contributed by atoms with Crippen molar-refractivity contribution in [3.63, 3.8) is 0 Å². The number of carbonyl (C=O) groups excluding carboxylic acids is 2. The number of H-pyrrole nitrogens is 1. The van der Waals surface area contributed by atoms with Crippen LogP contribution >= 0.6 is 0 Å². The number of aromatic amines is 1. The molecular formula is C23H27N3O4. The van der Waals surface area contributed by atoms with Crippen LogP contribution in [0.1, 0.15) is 70.6 Å². The number of likely N-dealkylation sites (tertiary alicyclic amines) is 1. The van der Waals surface area contributed by atoms with Crippen LogP contribution in [-0.4, -0.2) is 45.9 Å². The van der Waals surface area contributed by atoms with Crippen LogP contribution < -0.4 is 0 Å². The summed E-state index contributed by atoms with van der Waals surface area (Å²) in [6, 6.07) is 7.69. The minimum atomic E-state index is -0.404. The Labute approximate surface area is 175 Å². The van der Waals surface area contributed by atoms with E-state index in [1.54, 1.807) is 27.7 Å². The molecule has 1 aliphatic heterocycles. The molecule has 4 rings (SSSR count). The average Bonchev–Trinajstić information content (AvgIpc) is 3.27. The van der Waals surface area contributed by atoms with Gasteiger partial charge in [-0.1, -0.05) is 12.1 Å². The number of nitrogens with zero attached hydrogens (tertiary/aromatic N) is 2. The van der Waals surface area contributed by atoms with Gasteiger partial charge in [0.2, 0.25) is 0 Å². The summed E-state index contributed by atoms with van der Waals surface area (Å²) >= 11 is 0. The van der Waals surface area contributed by atoms with Crippen molar-refractivity contribution in [3.8, 4) is 0 Å². The summed E-state index contributed by atoms with van der Waals surface area (Å²) in [6.07, 6.45) is 1.58. The second-order valence-electron chi connectivity index (χ2n) is 8.19. The first kappa shape index (κ1) is 20.2. The van der Waals surface area contributed by atoms with Gasteiger partial charge >= 0.3 is 5.97 Å². The maximum Gasteiger partial charge on any atom is 0.340 e. The van der Waals surface area contributed by atoms with Crippen LogP contribution in [0.15, 0.2) is 28.7 Å². The average molecular weight is 409 g/mol. The zero-order valence-corrected chi connectivity index (χ0v) is 17.8. The molecule has 1 amide bonds. The first-order valence-electron chi connectivity index (χ1n) is 10.4. The summed E-state index contributed by atoms with van der Waals surface area (Å²) in [4.78, 5) is 35.3. The van der Waals surface area contributed by atoms with Crippen molar-refractivity contribution in [1.29, 1.82) is 0 Å². The van der Waals surface area contributed by atoms with Crippen LogP contribution in [0.3, 0.4) is 0 Å². The minimum Gasteiger partial charge on any atom is -0.459 e. The molecule has 30 heavy (non-hydrogen) atoms. The summed E-state index contributed by atoms with van der Waals surface area (Å²) in [5.74, 6) is 0.212. The number of carbonyl (C=O) groups is 2. The third-order valence-corrected chi connectivity index (χ3v) is 5.57. The number of amides is 1. The fraction of sp³-hybridized carbons (Fsp3) is 0.435. The number of aromatic nitrogens is 2. The first-order valence-corrected chi connectivity index (χ1v) is 10.4. The summed E-state index contributed by atoms with van der Waals surface area (Å²) < 4.78 is 11.3. The van der Waals surface area contributed by atoms with Gasteiger partial charge in [0, 0.05) is 18.8 Å². The van der Waals surface area contributed by atoms with Gasteiger partial charge in [-0.25, -0.2) is 9.78 Å². The van der Waals surface area contributed by atoms with Crippen molar-refractivity contribution in [2.75, 3.05) is 13.1 Å². The van der Waals surface area contributed by atoms with E-state index in [1.807, 2.05) is 29.2 Å². The molecule has 1 aliphatic rings. The second kappa shape index (κ2) is 7.97. The van der Waals surface area contributed by atoms with E-state index in [9.17, 15) is 9.59 Å². The summed E-state index contributed by atoms with van der Waals surface area (Å²) in [5, 5.41) is 0. The SMILES string of the molecule is Cc1[nH]c(C(=O)N2CCCC(c3nc4ccccc4o3)C2)c(C)c1C(=O)OC(C)C. The molecule has 0 aliphatic carbocycles. The predicted molar refractivity (Wildman–Crippen MR) is 113 cm³/mol. The van der Waals surface area contributed by atoms with Gasteiger partial charge in [0.15, 0.2) is 11.5 Å². The number of hydrogen-bond donors (Lipinski definition) is 1. The van der Waals surface area contributed by atoms with E-state index in [-0.39, 0.29) is 17.9 Å². The van der Waals surface area contributed by atoms with Gasteiger partial charge in [-0.05, 0) is 58.2 Å². The molecule has 0 bridgehead atoms. The molecule has 158 valence electrons. The number of piperidine rings is 1. The number of benzene rings is 1. The highest BCUT2D eigenvalue weighted by atomic mass is 16.5. The Bertz CT molecular complexity index is 1060. The Hall–Kier alpha value is -3.09. The van der Waals surface area contributed by atoms with Crippen molar-refractivity contribution in [3.05, 3.63) is 52.7 Å². The standard InChI is InChI=1S/C23H27N3O4/c1-13(2)29-23(28)19-14(3)20(24-15(19)4)22(27)26-11-7-8-16(12-26)21-25-17-9-5-6-10-18(17)30-21/h5-6,9-10,13,16,24H,7-8,11-12H2,1-4H3. The zero-order chi connectivity index (χ0) is 21.4. The highest BCUT2D eigenvalue weighted by Gasteiger charge is 2.31. The molecule has 2 aromatic heterocycles. The van der Waals surface area contributed by atoms with E-state index in [0.717, 1.165) is 23.9 Å². The van der Waals surface area contributed by atoms with Gasteiger partial charge in [0.1, 0.15) is 11.2 Å². The third kappa shape index (κ3) is 3.72. The highest BCUT2D eigenvalue weighted by Crippen LogP contribution is 2.30. The van der Waals surface area contributed by atoms with Gasteiger partial charge in [0.25, 0.3) is 5.91 Å². The number of aryl methyl sites for hydroxylation is 1. The number of nitrogens with one attached hydrogen (secondary N) is 1. The first-order chi connectivity index (χ1) is 14.3. The number of fused-ring (bicyclic) bond motifs is 1. The number of oxazole rings is 1. The molecule has 0 radical (unpaired) electrons. The number of hydrogen-bond acceptors (Lipinski definition) is 5. The monoisotopic (exact) mass is 409 g/mol. The fourth-order valence-electron chi connectivity index (χ4n) is 4.13. The van der Waals surface area contributed by atoms with E-state index in [0.29, 0.717) is 41.5 Å². The lowest BCUT2D eigenvalue weighted by molar-refractivity contribution is 0.0376. The van der Waals surface area contributed by atoms with Crippen LogP contribution in [0, 0.1) is 13.8 Å². The smallest absolute Gasteiger partial charge is 0.340 e. The Morgan fingerprint density at radius 1 is 1.27 bits per heavy atom. The molecule has 1 fully saturated rings. The topological polar surface area (TPSA) is 88.4 Å². The molecule has 1 saturated heterocycles. The van der Waals surface area contributed by atoms with E-state index < -0.39 is 5.97 Å². The summed E-state index contributed by atoms with van der Waals surface area (Å²) in [7, 11) is 0. The summed E-state index contributed by atoms with van der Waals surface area (Å²) in [6.45, 7) is 8.39. The molecule has 1 atom stereocenters. The molecular weight excluding hydrogens is 382 g/mol. The third-order valence-electron chi connectivity index (χ3n) is 5.57. The van der Waals surface area contributed by atoms with Crippen LogP contribution in [-0.2, 0) is 4.74 Å². The Morgan fingerprint density at radius 2 is 2.03 bits per heavy atom. The van der Waals surface area contributed by atoms with Crippen LogP contribution in [0.5, 0.6) is 0 Å². The molecule has 1 N–H and O–H groups in total. The Kier molecular flexibility index (Phi) is 5.37. The molecule has 7 nitrogen and oxygen atoms in total. The zero-order valence-electron chi connectivity index (χ0n) is 17.8. The van der Waals surface area contributed by atoms with Crippen molar-refractivity contribution in [1.82, 2.24) is 14.9 Å². The van der Waals surface area contributed by atoms with Crippen molar-refractivity contribution in [2.24, 2.45) is 0 Å². The number of esters is 1. The van der Waals surface area contributed by atoms with E-state index in [4.69, 9.17) is 9.15 Å². The van der Waals surface area contributed by atoms with Crippen LogP contribution in [0.25, 0.3) is 11.1 Å². The van der Waals surface area contributed by atoms with Crippen molar-refractivity contribution < 1.29 is 18.7 Å². The van der Waals surface area contributed by atoms with Crippen LogP contribution in [0.4, 0.5) is 0 Å². The molecule has 1 aromatic carbocycles. The maximum absolute atomic E-state index is 13.3. The molecule has 3 heterocycles. The number of para-hydroxylation sites is 2. The van der Waals surface area contributed by atoms with Crippen molar-refractivity contribution in [2.45, 2.75) is 52.6 Å². The van der Waals surface area contributed by atoms with Gasteiger partial charge in [-0.15, -0.1) is 0 Å². The van der Waals surface area contributed by atoms with Crippen molar-refractivity contribution >= 4 is 23.0 Å². The molecule has 0 spiro atoms. The fourth-order valence-corrected chi connectivity index (χ4v) is 4.13. The largest absolute Gasteiger partial charge is 0.459 e. The number of rotatable bonds is 4. The van der Waals surface area contributed by atoms with Gasteiger partial charge in [-0.3, -0.25) is 4.79 Å². The van der Waals surface area contributed by atoms with E-state index in [1.165, 1.54) is 0 Å². The van der Waals surface area contributed by atoms with Gasteiger partial charge < -0.3 is 19.0 Å². The lowest BCUT2D eigenvalue weighted by Gasteiger charge is -2.31. The van der Waals surface area contributed by atoms with Crippen LogP contribution in [0.2, 0.25) is 0 Å². The molecule has 1 unspecified atom stereocenters. The van der Waals surface area contributed by atoms with E-state index >= 15 is 0 Å². The second-order valence-corrected chi connectivity index (χ2v) is 8.19. The minimum absolute atomic E-state index is 0.0526. The lowest BCUT2D eigenvalue weighted by atomic mass is 9.97. The molecule has 0 saturated carbocycles.